The van der Waals surface area contributed by atoms with Crippen LogP contribution >= 0.6 is 11.3 Å². The molecule has 3 aliphatic heterocycles. The predicted molar refractivity (Wildman–Crippen MR) is 88.1 cm³/mol. The summed E-state index contributed by atoms with van der Waals surface area (Å²) in [5, 5.41) is 10.0. The Labute approximate surface area is 134 Å². The lowest BCUT2D eigenvalue weighted by Gasteiger charge is -2.44. The highest BCUT2D eigenvalue weighted by Gasteiger charge is 2.35. The van der Waals surface area contributed by atoms with E-state index in [1.54, 1.807) is 0 Å². The van der Waals surface area contributed by atoms with Gasteiger partial charge >= 0.3 is 0 Å². The molecule has 4 heterocycles. The van der Waals surface area contributed by atoms with E-state index in [4.69, 9.17) is 5.26 Å². The summed E-state index contributed by atoms with van der Waals surface area (Å²) >= 11 is 1.53. The first kappa shape index (κ1) is 13.9. The molecule has 5 rings (SSSR count). The van der Waals surface area contributed by atoms with E-state index in [9.17, 15) is 4.79 Å². The van der Waals surface area contributed by atoms with Crippen LogP contribution < -0.4 is 0 Å². The molecule has 4 heteroatoms. The summed E-state index contributed by atoms with van der Waals surface area (Å²) in [6, 6.07) is 9.78. The second-order valence-corrected chi connectivity index (χ2v) is 7.58. The van der Waals surface area contributed by atoms with Gasteiger partial charge in [0.15, 0.2) is 5.78 Å². The third-order valence-electron chi connectivity index (χ3n) is 5.16. The molecule has 112 valence electrons. The van der Waals surface area contributed by atoms with Gasteiger partial charge in [-0.3, -0.25) is 4.79 Å². The van der Waals surface area contributed by atoms with Crippen LogP contribution in [0.2, 0.25) is 0 Å². The van der Waals surface area contributed by atoms with Crippen molar-refractivity contribution in [3.05, 3.63) is 34.7 Å². The zero-order chi connectivity index (χ0) is 15.1. The Hall–Kier alpha value is -1.70. The van der Waals surface area contributed by atoms with Crippen molar-refractivity contribution in [2.24, 2.45) is 11.8 Å². The molecule has 0 N–H and O–H groups in total. The van der Waals surface area contributed by atoms with Crippen LogP contribution in [0.1, 0.15) is 34.5 Å². The highest BCUT2D eigenvalue weighted by atomic mass is 32.1. The number of nitrogens with zero attached hydrogens (tertiary/aromatic N) is 2. The van der Waals surface area contributed by atoms with E-state index in [2.05, 4.69) is 11.0 Å². The van der Waals surface area contributed by atoms with Crippen molar-refractivity contribution in [2.45, 2.75) is 19.3 Å². The fourth-order valence-corrected chi connectivity index (χ4v) is 4.95. The third kappa shape index (κ3) is 2.45. The van der Waals surface area contributed by atoms with E-state index in [0.29, 0.717) is 17.9 Å². The van der Waals surface area contributed by atoms with E-state index in [1.165, 1.54) is 37.3 Å². The molecule has 2 bridgehead atoms. The van der Waals surface area contributed by atoms with Crippen LogP contribution in [-0.2, 0) is 0 Å². The van der Waals surface area contributed by atoms with Crippen LogP contribution in [0.25, 0.3) is 10.1 Å². The van der Waals surface area contributed by atoms with Gasteiger partial charge in [-0.25, -0.2) is 0 Å². The van der Waals surface area contributed by atoms with Crippen molar-refractivity contribution >= 4 is 27.2 Å². The number of ketones is 1. The van der Waals surface area contributed by atoms with Crippen molar-refractivity contribution < 1.29 is 4.79 Å². The predicted octanol–water partition coefficient (Wildman–Crippen LogP) is 3.69. The summed E-state index contributed by atoms with van der Waals surface area (Å²) in [5.41, 5.74) is 0.658. The van der Waals surface area contributed by atoms with Gasteiger partial charge in [-0.1, -0.05) is 6.07 Å². The number of carbonyl (C=O) groups excluding carboxylic acids is 1. The molecular formula is C18H18N2OS. The number of fused-ring (bicyclic) bond motifs is 4. The van der Waals surface area contributed by atoms with Crippen LogP contribution in [0, 0.1) is 23.2 Å². The molecule has 3 saturated heterocycles. The lowest BCUT2D eigenvalue weighted by molar-refractivity contribution is 0.0442. The molecule has 0 amide bonds. The summed E-state index contributed by atoms with van der Waals surface area (Å²) < 4.78 is 1.04. The molecular weight excluding hydrogens is 292 g/mol. The molecule has 3 aliphatic rings. The average Bonchev–Trinajstić information content (AvgIpc) is 2.99. The van der Waals surface area contributed by atoms with Crippen LogP contribution in [0.5, 0.6) is 0 Å². The van der Waals surface area contributed by atoms with Crippen molar-refractivity contribution in [2.75, 3.05) is 19.6 Å². The number of rotatable bonds is 3. The topological polar surface area (TPSA) is 44.1 Å². The Balaban J connectivity index is 1.54. The van der Waals surface area contributed by atoms with Crippen molar-refractivity contribution in [1.82, 2.24) is 4.90 Å². The molecule has 0 unspecified atom stereocenters. The van der Waals surface area contributed by atoms with Gasteiger partial charge in [-0.2, -0.15) is 5.26 Å². The molecule has 3 nitrogen and oxygen atoms in total. The number of piperidine rings is 3. The zero-order valence-corrected chi connectivity index (χ0v) is 13.2. The lowest BCUT2D eigenvalue weighted by atomic mass is 9.76. The monoisotopic (exact) mass is 310 g/mol. The first-order chi connectivity index (χ1) is 10.7. The summed E-state index contributed by atoms with van der Waals surface area (Å²) in [6.07, 6.45) is 3.20. The maximum absolute atomic E-state index is 12.6. The maximum Gasteiger partial charge on any atom is 0.173 e. The summed E-state index contributed by atoms with van der Waals surface area (Å²) in [6.45, 7) is 3.53. The first-order valence-corrected chi connectivity index (χ1v) is 8.74. The molecule has 1 aromatic carbocycles. The second-order valence-electron chi connectivity index (χ2n) is 6.50. The highest BCUT2D eigenvalue weighted by molar-refractivity contribution is 7.20. The zero-order valence-electron chi connectivity index (χ0n) is 12.4. The Bertz CT molecular complexity index is 765. The molecule has 0 saturated carbocycles. The Morgan fingerprint density at radius 2 is 2.14 bits per heavy atom. The first-order valence-electron chi connectivity index (χ1n) is 7.92. The number of benzene rings is 1. The Morgan fingerprint density at radius 3 is 2.82 bits per heavy atom. The number of hydrogen-bond acceptors (Lipinski definition) is 4. The summed E-state index contributed by atoms with van der Waals surface area (Å²) in [4.78, 5) is 16.0. The molecule has 1 aromatic heterocycles. The molecule has 3 fully saturated rings. The molecule has 0 aliphatic carbocycles. The van der Waals surface area contributed by atoms with Gasteiger partial charge in [0.1, 0.15) is 0 Å². The van der Waals surface area contributed by atoms with Crippen molar-refractivity contribution in [3.8, 4) is 6.07 Å². The summed E-state index contributed by atoms with van der Waals surface area (Å²) in [7, 11) is 0. The van der Waals surface area contributed by atoms with Gasteiger partial charge in [0.2, 0.25) is 0 Å². The van der Waals surface area contributed by atoms with Gasteiger partial charge in [0.25, 0.3) is 0 Å². The van der Waals surface area contributed by atoms with Gasteiger partial charge in [-0.05, 0) is 61.4 Å². The SMILES string of the molecule is N#Cc1ccc2cc(C(=O)C[C@@H]3CN4CCC3CC4)sc2c1. The van der Waals surface area contributed by atoms with Gasteiger partial charge in [0, 0.05) is 17.7 Å². The van der Waals surface area contributed by atoms with Gasteiger partial charge in [0.05, 0.1) is 16.5 Å². The van der Waals surface area contributed by atoms with Crippen LogP contribution in [0.4, 0.5) is 0 Å². The third-order valence-corrected chi connectivity index (χ3v) is 6.30. The van der Waals surface area contributed by atoms with Crippen molar-refractivity contribution in [1.29, 1.82) is 5.26 Å². The van der Waals surface area contributed by atoms with E-state index >= 15 is 0 Å². The van der Waals surface area contributed by atoms with E-state index in [-0.39, 0.29) is 5.78 Å². The minimum absolute atomic E-state index is 0.276. The maximum atomic E-state index is 12.6. The van der Waals surface area contributed by atoms with E-state index in [1.807, 2.05) is 24.3 Å². The molecule has 22 heavy (non-hydrogen) atoms. The smallest absolute Gasteiger partial charge is 0.173 e. The van der Waals surface area contributed by atoms with E-state index in [0.717, 1.165) is 27.4 Å². The van der Waals surface area contributed by atoms with Crippen LogP contribution in [-0.4, -0.2) is 30.3 Å². The molecule has 2 aromatic rings. The Morgan fingerprint density at radius 1 is 1.32 bits per heavy atom. The average molecular weight is 310 g/mol. The second kappa shape index (κ2) is 5.49. The van der Waals surface area contributed by atoms with E-state index < -0.39 is 0 Å². The number of carbonyl (C=O) groups is 1. The fourth-order valence-electron chi connectivity index (χ4n) is 3.90. The number of hydrogen-bond donors (Lipinski definition) is 0. The quantitative estimate of drug-likeness (QED) is 0.812. The normalized spacial score (nSPS) is 27.0. The number of Topliss-reactive ketones (excluding diaryl/α,β-unsaturated/α-hetero) is 1. The fraction of sp³-hybridized carbons (Fsp3) is 0.444. The van der Waals surface area contributed by atoms with Gasteiger partial charge in [-0.15, -0.1) is 11.3 Å². The van der Waals surface area contributed by atoms with Crippen LogP contribution in [0.15, 0.2) is 24.3 Å². The minimum Gasteiger partial charge on any atom is -0.303 e. The molecule has 0 spiro atoms. The lowest BCUT2D eigenvalue weighted by Crippen LogP contribution is -2.47. The Kier molecular flexibility index (Phi) is 3.48. The summed E-state index contributed by atoms with van der Waals surface area (Å²) in [5.74, 6) is 1.56. The largest absolute Gasteiger partial charge is 0.303 e. The minimum atomic E-state index is 0.276. The number of thiophene rings is 1. The number of nitriles is 1. The molecule has 1 atom stereocenters. The van der Waals surface area contributed by atoms with Gasteiger partial charge < -0.3 is 4.90 Å². The van der Waals surface area contributed by atoms with Crippen LogP contribution in [0.3, 0.4) is 0 Å². The molecule has 0 radical (unpaired) electrons. The van der Waals surface area contributed by atoms with Crippen molar-refractivity contribution in [3.63, 3.8) is 0 Å². The highest BCUT2D eigenvalue weighted by Crippen LogP contribution is 2.36. The standard InChI is InChI=1S/C18H18N2OS/c19-10-12-1-2-14-9-18(22-17(14)7-12)16(21)8-15-11-20-5-3-13(15)4-6-20/h1-2,7,9,13,15H,3-6,8,11H2/t15-/m1/s1.